The van der Waals surface area contributed by atoms with E-state index in [-0.39, 0.29) is 34.8 Å². The molecule has 9 atom stereocenters. The van der Waals surface area contributed by atoms with Crippen molar-refractivity contribution in [3.8, 4) is 0 Å². The van der Waals surface area contributed by atoms with E-state index in [1.807, 2.05) is 6.92 Å². The summed E-state index contributed by atoms with van der Waals surface area (Å²) in [4.78, 5) is 35.6. The normalized spacial score (nSPS) is 45.1. The smallest absolute Gasteiger partial charge is 0.303 e. The van der Waals surface area contributed by atoms with E-state index in [9.17, 15) is 14.4 Å². The summed E-state index contributed by atoms with van der Waals surface area (Å²) >= 11 is 0. The first-order valence-corrected chi connectivity index (χ1v) is 13.0. The second kappa shape index (κ2) is 8.57. The fourth-order valence-corrected chi connectivity index (χ4v) is 9.11. The molecule has 0 saturated heterocycles. The summed E-state index contributed by atoms with van der Waals surface area (Å²) in [5.41, 5.74) is -0.688. The van der Waals surface area contributed by atoms with Gasteiger partial charge in [0.1, 0.15) is 12.2 Å². The van der Waals surface area contributed by atoms with Crippen molar-refractivity contribution >= 4 is 17.9 Å². The minimum atomic E-state index is -0.759. The Morgan fingerprint density at radius 1 is 0.818 bits per heavy atom. The highest BCUT2D eigenvalue weighted by molar-refractivity contribution is 5.68. The summed E-state index contributed by atoms with van der Waals surface area (Å²) in [6, 6.07) is 0. The number of carbonyl (C=O) groups is 3. The standard InChI is InChI=1S/C27H42O6/c1-16(31-17(2)28)27(33-19(4)30)14-11-24-22-8-7-20-15-21(32-18(3)29)9-12-25(20,5)23(22)10-13-26(24,27)6/h16,20-24H,7-15H2,1-6H3. The molecule has 4 rings (SSSR count). The third-order valence-corrected chi connectivity index (χ3v) is 10.5. The van der Waals surface area contributed by atoms with E-state index < -0.39 is 11.7 Å². The van der Waals surface area contributed by atoms with Crippen molar-refractivity contribution in [2.24, 2.45) is 34.5 Å². The predicted octanol–water partition coefficient (Wildman–Crippen LogP) is 5.21. The van der Waals surface area contributed by atoms with Crippen LogP contribution in [0, 0.1) is 34.5 Å². The van der Waals surface area contributed by atoms with Gasteiger partial charge in [0.25, 0.3) is 0 Å². The fourth-order valence-electron chi connectivity index (χ4n) is 9.11. The van der Waals surface area contributed by atoms with Crippen LogP contribution in [-0.2, 0) is 28.6 Å². The fraction of sp³-hybridized carbons (Fsp3) is 0.889. The summed E-state index contributed by atoms with van der Waals surface area (Å²) in [7, 11) is 0. The van der Waals surface area contributed by atoms with Crippen LogP contribution in [0.1, 0.15) is 99.3 Å². The van der Waals surface area contributed by atoms with Gasteiger partial charge in [-0.15, -0.1) is 0 Å². The van der Waals surface area contributed by atoms with Crippen LogP contribution in [0.25, 0.3) is 0 Å². The maximum atomic E-state index is 12.2. The third kappa shape index (κ3) is 3.89. The molecule has 0 spiro atoms. The lowest BCUT2D eigenvalue weighted by atomic mass is 9.44. The quantitative estimate of drug-likeness (QED) is 0.421. The molecule has 0 amide bonds. The van der Waals surface area contributed by atoms with Crippen molar-refractivity contribution in [3.63, 3.8) is 0 Å². The van der Waals surface area contributed by atoms with E-state index in [1.54, 1.807) is 0 Å². The molecule has 186 valence electrons. The highest BCUT2D eigenvalue weighted by atomic mass is 16.6. The largest absolute Gasteiger partial charge is 0.463 e. The van der Waals surface area contributed by atoms with Gasteiger partial charge in [-0.05, 0) is 93.8 Å². The molecule has 4 fully saturated rings. The van der Waals surface area contributed by atoms with Gasteiger partial charge in [0.05, 0.1) is 0 Å². The van der Waals surface area contributed by atoms with Crippen LogP contribution < -0.4 is 0 Å². The van der Waals surface area contributed by atoms with Crippen LogP contribution in [-0.4, -0.2) is 35.7 Å². The Morgan fingerprint density at radius 2 is 1.52 bits per heavy atom. The van der Waals surface area contributed by atoms with E-state index in [4.69, 9.17) is 14.2 Å². The summed E-state index contributed by atoms with van der Waals surface area (Å²) < 4.78 is 17.4. The Balaban J connectivity index is 1.59. The molecule has 0 heterocycles. The molecular weight excluding hydrogens is 420 g/mol. The molecule has 6 nitrogen and oxygen atoms in total. The topological polar surface area (TPSA) is 78.9 Å². The highest BCUT2D eigenvalue weighted by Crippen LogP contribution is 2.69. The average Bonchev–Trinajstić information content (AvgIpc) is 3.00. The molecule has 0 aromatic carbocycles. The second-order valence-electron chi connectivity index (χ2n) is 11.9. The van der Waals surface area contributed by atoms with Crippen molar-refractivity contribution in [1.82, 2.24) is 0 Å². The van der Waals surface area contributed by atoms with Gasteiger partial charge in [0.15, 0.2) is 5.60 Å². The average molecular weight is 463 g/mol. The monoisotopic (exact) mass is 462 g/mol. The van der Waals surface area contributed by atoms with Gasteiger partial charge < -0.3 is 14.2 Å². The maximum Gasteiger partial charge on any atom is 0.303 e. The van der Waals surface area contributed by atoms with Gasteiger partial charge in [0, 0.05) is 26.2 Å². The Kier molecular flexibility index (Phi) is 6.37. The molecule has 4 aliphatic carbocycles. The van der Waals surface area contributed by atoms with Crippen LogP contribution in [0.2, 0.25) is 0 Å². The lowest BCUT2D eigenvalue weighted by Gasteiger charge is -2.62. The van der Waals surface area contributed by atoms with Gasteiger partial charge >= 0.3 is 17.9 Å². The summed E-state index contributed by atoms with van der Waals surface area (Å²) in [5.74, 6) is 1.51. The minimum absolute atomic E-state index is 0.0682. The Labute approximate surface area is 198 Å². The van der Waals surface area contributed by atoms with Crippen molar-refractivity contribution in [2.75, 3.05) is 0 Å². The van der Waals surface area contributed by atoms with Crippen LogP contribution in [0.4, 0.5) is 0 Å². The van der Waals surface area contributed by atoms with E-state index in [1.165, 1.54) is 33.6 Å². The maximum absolute atomic E-state index is 12.2. The molecule has 0 aromatic rings. The first kappa shape index (κ1) is 24.5. The lowest BCUT2D eigenvalue weighted by molar-refractivity contribution is -0.219. The zero-order valence-corrected chi connectivity index (χ0v) is 21.3. The van der Waals surface area contributed by atoms with E-state index in [0.717, 1.165) is 44.9 Å². The Morgan fingerprint density at radius 3 is 2.15 bits per heavy atom. The first-order valence-electron chi connectivity index (χ1n) is 13.0. The highest BCUT2D eigenvalue weighted by Gasteiger charge is 2.68. The number of carbonyl (C=O) groups excluding carboxylic acids is 3. The van der Waals surface area contributed by atoms with Crippen molar-refractivity contribution in [2.45, 2.75) is 117 Å². The van der Waals surface area contributed by atoms with E-state index in [0.29, 0.717) is 23.7 Å². The first-order chi connectivity index (χ1) is 15.4. The number of ether oxygens (including phenoxy) is 3. The molecule has 33 heavy (non-hydrogen) atoms. The van der Waals surface area contributed by atoms with Crippen molar-refractivity contribution in [3.05, 3.63) is 0 Å². The molecule has 9 unspecified atom stereocenters. The molecule has 6 heteroatoms. The summed E-state index contributed by atoms with van der Waals surface area (Å²) in [6.45, 7) is 11.1. The molecular formula is C27H42O6. The van der Waals surface area contributed by atoms with Crippen LogP contribution in [0.15, 0.2) is 0 Å². The predicted molar refractivity (Wildman–Crippen MR) is 123 cm³/mol. The Hall–Kier alpha value is -1.59. The van der Waals surface area contributed by atoms with Crippen molar-refractivity contribution in [1.29, 1.82) is 0 Å². The zero-order valence-electron chi connectivity index (χ0n) is 21.3. The number of hydrogen-bond donors (Lipinski definition) is 0. The summed E-state index contributed by atoms with van der Waals surface area (Å²) in [5, 5.41) is 0. The molecule has 0 radical (unpaired) electrons. The van der Waals surface area contributed by atoms with Crippen LogP contribution in [0.3, 0.4) is 0 Å². The number of rotatable bonds is 4. The number of fused-ring (bicyclic) bond motifs is 5. The molecule has 0 bridgehead atoms. The SMILES string of the molecule is CC(=O)OC1CCC2(C)C(CCC3C2CCC2(C)C3CCC2(OC(C)=O)C(C)OC(C)=O)C1. The molecule has 4 aliphatic rings. The van der Waals surface area contributed by atoms with Gasteiger partial charge in [-0.3, -0.25) is 14.4 Å². The van der Waals surface area contributed by atoms with Crippen molar-refractivity contribution < 1.29 is 28.6 Å². The lowest BCUT2D eigenvalue weighted by Crippen LogP contribution is -2.61. The number of hydrogen-bond acceptors (Lipinski definition) is 6. The molecule has 0 N–H and O–H groups in total. The van der Waals surface area contributed by atoms with Gasteiger partial charge in [-0.1, -0.05) is 13.8 Å². The molecule has 0 aromatic heterocycles. The van der Waals surface area contributed by atoms with Gasteiger partial charge in [-0.2, -0.15) is 0 Å². The van der Waals surface area contributed by atoms with Gasteiger partial charge in [-0.25, -0.2) is 0 Å². The Bertz CT molecular complexity index is 808. The van der Waals surface area contributed by atoms with E-state index in [2.05, 4.69) is 13.8 Å². The third-order valence-electron chi connectivity index (χ3n) is 10.5. The second-order valence-corrected chi connectivity index (χ2v) is 11.9. The molecule has 4 saturated carbocycles. The van der Waals surface area contributed by atoms with Crippen LogP contribution in [0.5, 0.6) is 0 Å². The van der Waals surface area contributed by atoms with Gasteiger partial charge in [0.2, 0.25) is 0 Å². The minimum Gasteiger partial charge on any atom is -0.463 e. The zero-order chi connectivity index (χ0) is 24.2. The van der Waals surface area contributed by atoms with Crippen LogP contribution >= 0.6 is 0 Å². The molecule has 0 aliphatic heterocycles. The van der Waals surface area contributed by atoms with E-state index >= 15 is 0 Å². The number of esters is 3. The summed E-state index contributed by atoms with van der Waals surface area (Å²) in [6.07, 6.45) is 8.85.